The lowest BCUT2D eigenvalue weighted by molar-refractivity contribution is 0.487. The van der Waals surface area contributed by atoms with E-state index in [-0.39, 0.29) is 0 Å². The van der Waals surface area contributed by atoms with E-state index in [2.05, 4.69) is 0 Å². The Morgan fingerprint density at radius 2 is 1.87 bits per heavy atom. The third-order valence-electron chi connectivity index (χ3n) is 2.35. The summed E-state index contributed by atoms with van der Waals surface area (Å²) < 4.78 is 28.5. The second-order valence-electron chi connectivity index (χ2n) is 3.57. The summed E-state index contributed by atoms with van der Waals surface area (Å²) in [6.45, 7) is 1.42. The first-order valence-electron chi connectivity index (χ1n) is 6.40. The zero-order chi connectivity index (χ0) is 13.3. The summed E-state index contributed by atoms with van der Waals surface area (Å²) in [5, 5.41) is 0. The summed E-state index contributed by atoms with van der Waals surface area (Å²) in [7, 11) is 0. The molecule has 0 saturated heterocycles. The van der Waals surface area contributed by atoms with Crippen LogP contribution in [0, 0.1) is 20.7 Å². The highest BCUT2D eigenvalue weighted by atomic mass is 16.3. The quantitative estimate of drug-likeness (QED) is 0.632. The maximum atomic E-state index is 7.65. The van der Waals surface area contributed by atoms with Gasteiger partial charge in [0.25, 0.3) is 0 Å². The average molecular weight is 202 g/mol. The third kappa shape index (κ3) is 1.91. The van der Waals surface area contributed by atoms with Crippen LogP contribution in [0.2, 0.25) is 0 Å². The highest BCUT2D eigenvalue weighted by Crippen LogP contribution is 2.27. The maximum Gasteiger partial charge on any atom is 0.334 e. The predicted molar refractivity (Wildman–Crippen MR) is 62.8 cm³/mol. The lowest BCUT2D eigenvalue weighted by Gasteiger charge is -2.02. The van der Waals surface area contributed by atoms with E-state index < -0.39 is 6.85 Å². The van der Waals surface area contributed by atoms with E-state index in [1.165, 1.54) is 0 Å². The van der Waals surface area contributed by atoms with Crippen LogP contribution in [0.25, 0.3) is 11.1 Å². The third-order valence-corrected chi connectivity index (χ3v) is 2.35. The van der Waals surface area contributed by atoms with Crippen LogP contribution in [-0.2, 0) is 0 Å². The van der Waals surface area contributed by atoms with Crippen molar-refractivity contribution in [3.8, 4) is 11.1 Å². The maximum absolute atomic E-state index is 7.65. The lowest BCUT2D eigenvalue weighted by Crippen LogP contribution is -1.89. The van der Waals surface area contributed by atoms with Crippen LogP contribution in [-0.4, -0.2) is 0 Å². The summed E-state index contributed by atoms with van der Waals surface area (Å²) in [6, 6.07) is 11.1. The van der Waals surface area contributed by atoms with Gasteiger partial charge in [-0.25, -0.2) is 4.42 Å². The fourth-order valence-electron chi connectivity index (χ4n) is 1.75. The highest BCUT2D eigenvalue weighted by Gasteiger charge is 2.16. The van der Waals surface area contributed by atoms with Crippen molar-refractivity contribution >= 4 is 0 Å². The summed E-state index contributed by atoms with van der Waals surface area (Å²) in [5.41, 5.74) is 1.88. The largest absolute Gasteiger partial charge is 0.334 e. The van der Waals surface area contributed by atoms with Gasteiger partial charge < -0.3 is 0 Å². The predicted octanol–water partition coefficient (Wildman–Crippen LogP) is 4.15. The van der Waals surface area contributed by atoms with Crippen molar-refractivity contribution < 1.29 is 8.53 Å². The van der Waals surface area contributed by atoms with E-state index in [9.17, 15) is 0 Å². The SMILES string of the molecule is [2H]C([2H])([2H])c1cc(C)[o+]c(C)c1-c1ccccc1. The van der Waals surface area contributed by atoms with Crippen molar-refractivity contribution in [2.75, 3.05) is 0 Å². The molecule has 0 spiro atoms. The van der Waals surface area contributed by atoms with E-state index in [0.29, 0.717) is 22.6 Å². The van der Waals surface area contributed by atoms with Crippen molar-refractivity contribution in [1.82, 2.24) is 0 Å². The molecule has 1 aromatic heterocycles. The van der Waals surface area contributed by atoms with Crippen LogP contribution < -0.4 is 0 Å². The number of rotatable bonds is 1. The minimum Gasteiger partial charge on any atom is -0.218 e. The van der Waals surface area contributed by atoms with Gasteiger partial charge in [0.1, 0.15) is 0 Å². The fraction of sp³-hybridized carbons (Fsp3) is 0.214. The van der Waals surface area contributed by atoms with Crippen LogP contribution in [0.5, 0.6) is 0 Å². The van der Waals surface area contributed by atoms with Gasteiger partial charge in [0.05, 0.1) is 19.4 Å². The molecule has 0 N–H and O–H groups in total. The van der Waals surface area contributed by atoms with Crippen LogP contribution >= 0.6 is 0 Å². The Labute approximate surface area is 94.6 Å². The molecule has 1 nitrogen and oxygen atoms in total. The molecule has 2 rings (SSSR count). The van der Waals surface area contributed by atoms with Crippen molar-refractivity contribution in [2.24, 2.45) is 0 Å². The van der Waals surface area contributed by atoms with Crippen LogP contribution in [0.4, 0.5) is 0 Å². The smallest absolute Gasteiger partial charge is 0.218 e. The minimum atomic E-state index is -2.14. The molecule has 0 fully saturated rings. The summed E-state index contributed by atoms with van der Waals surface area (Å²) >= 11 is 0. The summed E-state index contributed by atoms with van der Waals surface area (Å²) in [5.74, 6) is 1.24. The molecule has 1 heterocycles. The average Bonchev–Trinajstić information content (AvgIpc) is 2.28. The molecule has 15 heavy (non-hydrogen) atoms. The molecule has 0 radical (unpaired) electrons. The first kappa shape index (κ1) is 6.78. The van der Waals surface area contributed by atoms with Gasteiger partial charge in [-0.3, -0.25) is 0 Å². The Morgan fingerprint density at radius 1 is 1.13 bits per heavy atom. The van der Waals surface area contributed by atoms with Gasteiger partial charge in [-0.15, -0.1) is 0 Å². The minimum absolute atomic E-state index is 0.343. The number of hydrogen-bond acceptors (Lipinski definition) is 0. The first-order chi connectivity index (χ1) is 8.39. The van der Waals surface area contributed by atoms with Crippen LogP contribution in [0.1, 0.15) is 21.2 Å². The fourth-order valence-corrected chi connectivity index (χ4v) is 1.75. The van der Waals surface area contributed by atoms with Gasteiger partial charge in [0.2, 0.25) is 0 Å². The van der Waals surface area contributed by atoms with Gasteiger partial charge in [0, 0.05) is 10.2 Å². The zero-order valence-electron chi connectivity index (χ0n) is 11.9. The standard InChI is InChI=1S/C14H15O/c1-10-9-11(2)15-12(3)14(10)13-7-5-4-6-8-13/h4-9H,1-3H3/q+1/i1D3. The van der Waals surface area contributed by atoms with Gasteiger partial charge in [0.15, 0.2) is 0 Å². The van der Waals surface area contributed by atoms with Crippen molar-refractivity contribution in [1.29, 1.82) is 0 Å². The van der Waals surface area contributed by atoms with Gasteiger partial charge in [-0.05, 0) is 18.0 Å². The molecule has 2 aromatic rings. The molecular weight excluding hydrogens is 184 g/mol. The molecule has 76 valence electrons. The van der Waals surface area contributed by atoms with Crippen molar-refractivity contribution in [2.45, 2.75) is 20.7 Å². The number of benzene rings is 1. The molecule has 0 aliphatic carbocycles. The molecule has 0 saturated carbocycles. The normalized spacial score (nSPS) is 14.1. The van der Waals surface area contributed by atoms with Gasteiger partial charge in [-0.1, -0.05) is 30.3 Å². The van der Waals surface area contributed by atoms with Crippen LogP contribution in [0.3, 0.4) is 0 Å². The Balaban J connectivity index is 2.74. The highest BCUT2D eigenvalue weighted by molar-refractivity contribution is 5.68. The molecule has 0 unspecified atom stereocenters. The van der Waals surface area contributed by atoms with E-state index in [1.54, 1.807) is 19.9 Å². The van der Waals surface area contributed by atoms with Crippen LogP contribution in [0.15, 0.2) is 40.8 Å². The topological polar surface area (TPSA) is 11.3 Å². The van der Waals surface area contributed by atoms with Crippen molar-refractivity contribution in [3.63, 3.8) is 0 Å². The second-order valence-corrected chi connectivity index (χ2v) is 3.57. The van der Waals surface area contributed by atoms with E-state index in [0.717, 1.165) is 5.56 Å². The summed E-state index contributed by atoms with van der Waals surface area (Å²) in [6.07, 6.45) is 0. The van der Waals surface area contributed by atoms with Gasteiger partial charge in [-0.2, -0.15) is 0 Å². The molecule has 1 aromatic carbocycles. The Bertz CT molecular complexity index is 559. The molecule has 0 aliphatic heterocycles. The van der Waals surface area contributed by atoms with E-state index >= 15 is 0 Å². The monoisotopic (exact) mass is 202 g/mol. The lowest BCUT2D eigenvalue weighted by atomic mass is 10.0. The first-order valence-corrected chi connectivity index (χ1v) is 4.90. The van der Waals surface area contributed by atoms with E-state index in [4.69, 9.17) is 8.53 Å². The van der Waals surface area contributed by atoms with Gasteiger partial charge >= 0.3 is 11.5 Å². The Hall–Kier alpha value is -1.63. The number of hydrogen-bond donors (Lipinski definition) is 0. The molecule has 0 atom stereocenters. The molecule has 0 aliphatic rings. The molecule has 1 heteroatoms. The zero-order valence-corrected chi connectivity index (χ0v) is 8.87. The molecular formula is C14H15O+. The molecule has 0 bridgehead atoms. The Morgan fingerprint density at radius 3 is 2.53 bits per heavy atom. The number of aryl methyl sites for hydroxylation is 3. The second kappa shape index (κ2) is 3.85. The van der Waals surface area contributed by atoms with E-state index in [1.807, 2.05) is 30.3 Å². The Kier molecular flexibility index (Phi) is 1.74. The molecule has 0 amide bonds. The summed E-state index contributed by atoms with van der Waals surface area (Å²) in [4.78, 5) is 0. The van der Waals surface area contributed by atoms with Crippen molar-refractivity contribution in [3.05, 3.63) is 53.5 Å².